The quantitative estimate of drug-likeness (QED) is 0.316. The molecule has 5 rings (SSSR count). The molecule has 2 fully saturated rings. The normalized spacial score (nSPS) is 29.8. The van der Waals surface area contributed by atoms with E-state index in [0.29, 0.717) is 5.56 Å². The summed E-state index contributed by atoms with van der Waals surface area (Å²) in [7, 11) is 0. The zero-order valence-corrected chi connectivity index (χ0v) is 20.6. The lowest BCUT2D eigenvalue weighted by Gasteiger charge is -2.37. The molecule has 2 saturated heterocycles. The van der Waals surface area contributed by atoms with E-state index in [4.69, 9.17) is 23.4 Å². The van der Waals surface area contributed by atoms with Crippen LogP contribution < -0.4 is 10.2 Å². The van der Waals surface area contributed by atoms with Crippen molar-refractivity contribution in [1.29, 1.82) is 0 Å². The first kappa shape index (κ1) is 26.4. The SMILES string of the molecule is C[C@@H]1O[C@@H](OC[C@@H]2C[C@H](O)C[C@H](Oc3cc(O)c4c(=O)cc(-c5ccc(O)cc5)oc4c3)O2)[C@H](O)C[C@H]1O. The van der Waals surface area contributed by atoms with Crippen LogP contribution in [0.2, 0.25) is 0 Å². The lowest BCUT2D eigenvalue weighted by molar-refractivity contribution is -0.277. The minimum Gasteiger partial charge on any atom is -0.508 e. The van der Waals surface area contributed by atoms with Gasteiger partial charge in [0.05, 0.1) is 31.0 Å². The number of benzene rings is 2. The van der Waals surface area contributed by atoms with Crippen molar-refractivity contribution in [2.24, 2.45) is 0 Å². The van der Waals surface area contributed by atoms with E-state index in [1.807, 2.05) is 0 Å². The van der Waals surface area contributed by atoms with E-state index in [2.05, 4.69) is 0 Å². The molecule has 204 valence electrons. The van der Waals surface area contributed by atoms with Gasteiger partial charge in [-0.1, -0.05) is 0 Å². The monoisotopic (exact) mass is 530 g/mol. The fourth-order valence-corrected chi connectivity index (χ4v) is 4.66. The van der Waals surface area contributed by atoms with E-state index in [0.717, 1.165) is 0 Å². The Morgan fingerprint density at radius 2 is 1.71 bits per heavy atom. The summed E-state index contributed by atoms with van der Waals surface area (Å²) in [6.45, 7) is 1.70. The van der Waals surface area contributed by atoms with Crippen molar-refractivity contribution in [2.45, 2.75) is 69.3 Å². The molecule has 2 aliphatic heterocycles. The van der Waals surface area contributed by atoms with Gasteiger partial charge in [-0.05, 0) is 31.2 Å². The molecule has 0 radical (unpaired) electrons. The van der Waals surface area contributed by atoms with Gasteiger partial charge < -0.3 is 48.9 Å². The number of phenolic OH excluding ortho intramolecular Hbond substituents is 2. The molecule has 7 atom stereocenters. The fraction of sp³-hybridized carbons (Fsp3) is 0.444. The predicted octanol–water partition coefficient (Wildman–Crippen LogP) is 1.99. The van der Waals surface area contributed by atoms with Crippen LogP contribution in [0.5, 0.6) is 17.2 Å². The van der Waals surface area contributed by atoms with Crippen molar-refractivity contribution in [1.82, 2.24) is 0 Å². The standard InChI is InChI=1S/C27H30O11/c1-13-19(30)10-22(33)27(35-13)34-12-18-6-16(29)7-25(37-18)36-17-8-20(31)26-21(32)11-23(38-24(26)9-17)14-2-4-15(28)5-3-14/h2-5,8-9,11,13,16,18-19,22,25,27-31,33H,6-7,10,12H2,1H3/t13-,16-,18-,19+,22+,25+,27+/m0/s1. The Kier molecular flexibility index (Phi) is 7.57. The molecular weight excluding hydrogens is 500 g/mol. The zero-order chi connectivity index (χ0) is 27.0. The number of phenols is 2. The van der Waals surface area contributed by atoms with E-state index < -0.39 is 48.5 Å². The Bertz CT molecular complexity index is 1320. The Morgan fingerprint density at radius 3 is 2.47 bits per heavy atom. The smallest absolute Gasteiger partial charge is 0.202 e. The van der Waals surface area contributed by atoms with Gasteiger partial charge >= 0.3 is 0 Å². The number of rotatable bonds is 6. The van der Waals surface area contributed by atoms with E-state index in [-0.39, 0.29) is 59.8 Å². The van der Waals surface area contributed by atoms with Gasteiger partial charge in [0.25, 0.3) is 0 Å². The topological polar surface area (TPSA) is 168 Å². The van der Waals surface area contributed by atoms with Gasteiger partial charge in [0.2, 0.25) is 6.29 Å². The molecule has 3 aromatic rings. The first-order chi connectivity index (χ1) is 18.2. The van der Waals surface area contributed by atoms with Gasteiger partial charge in [-0.3, -0.25) is 4.79 Å². The summed E-state index contributed by atoms with van der Waals surface area (Å²) in [5, 5.41) is 50.4. The molecule has 11 nitrogen and oxygen atoms in total. The molecule has 1 aromatic heterocycles. The summed E-state index contributed by atoms with van der Waals surface area (Å²) in [5.74, 6) is 0.141. The van der Waals surface area contributed by atoms with Crippen molar-refractivity contribution in [2.75, 3.05) is 6.61 Å². The molecule has 0 bridgehead atoms. The number of hydrogen-bond acceptors (Lipinski definition) is 11. The maximum Gasteiger partial charge on any atom is 0.202 e. The lowest BCUT2D eigenvalue weighted by atomic mass is 10.0. The third kappa shape index (κ3) is 5.78. The highest BCUT2D eigenvalue weighted by atomic mass is 16.7. The number of aliphatic hydroxyl groups excluding tert-OH is 3. The van der Waals surface area contributed by atoms with Crippen LogP contribution in [0.3, 0.4) is 0 Å². The van der Waals surface area contributed by atoms with E-state index in [9.17, 15) is 30.3 Å². The summed E-state index contributed by atoms with van der Waals surface area (Å²) in [5.41, 5.74) is 0.200. The van der Waals surface area contributed by atoms with Gasteiger partial charge in [-0.25, -0.2) is 0 Å². The zero-order valence-electron chi connectivity index (χ0n) is 20.6. The highest BCUT2D eigenvalue weighted by Gasteiger charge is 2.36. The maximum atomic E-state index is 12.7. The average Bonchev–Trinajstić information content (AvgIpc) is 2.85. The van der Waals surface area contributed by atoms with Crippen molar-refractivity contribution < 1.29 is 48.9 Å². The lowest BCUT2D eigenvalue weighted by Crippen LogP contribution is -2.48. The van der Waals surface area contributed by atoms with Crippen LogP contribution in [0, 0.1) is 0 Å². The summed E-state index contributed by atoms with van der Waals surface area (Å²) < 4.78 is 28.9. The van der Waals surface area contributed by atoms with Gasteiger partial charge in [0.15, 0.2) is 11.7 Å². The molecule has 2 aromatic carbocycles. The van der Waals surface area contributed by atoms with Crippen LogP contribution in [0.15, 0.2) is 51.7 Å². The van der Waals surface area contributed by atoms with Gasteiger partial charge in [-0.2, -0.15) is 0 Å². The summed E-state index contributed by atoms with van der Waals surface area (Å²) in [4.78, 5) is 12.7. The highest BCUT2D eigenvalue weighted by molar-refractivity contribution is 5.86. The predicted molar refractivity (Wildman–Crippen MR) is 133 cm³/mol. The third-order valence-electron chi connectivity index (χ3n) is 6.68. The summed E-state index contributed by atoms with van der Waals surface area (Å²) in [6.07, 6.45) is -4.88. The summed E-state index contributed by atoms with van der Waals surface area (Å²) in [6, 6.07) is 10.1. The molecular formula is C27H30O11. The average molecular weight is 531 g/mol. The van der Waals surface area contributed by atoms with E-state index in [1.165, 1.54) is 30.3 Å². The second kappa shape index (κ2) is 10.9. The maximum absolute atomic E-state index is 12.7. The molecule has 11 heteroatoms. The molecule has 0 unspecified atom stereocenters. The highest BCUT2D eigenvalue weighted by Crippen LogP contribution is 2.33. The largest absolute Gasteiger partial charge is 0.508 e. The first-order valence-electron chi connectivity index (χ1n) is 12.4. The van der Waals surface area contributed by atoms with Crippen molar-refractivity contribution in [3.8, 4) is 28.6 Å². The number of ether oxygens (including phenoxy) is 4. The molecule has 0 aliphatic carbocycles. The number of fused-ring (bicyclic) bond motifs is 1. The summed E-state index contributed by atoms with van der Waals surface area (Å²) >= 11 is 0. The third-order valence-corrected chi connectivity index (χ3v) is 6.68. The van der Waals surface area contributed by atoms with Crippen molar-refractivity contribution in [3.05, 3.63) is 52.7 Å². The van der Waals surface area contributed by atoms with Crippen LogP contribution in [-0.2, 0) is 14.2 Å². The van der Waals surface area contributed by atoms with Crippen molar-refractivity contribution >= 4 is 11.0 Å². The first-order valence-corrected chi connectivity index (χ1v) is 12.4. The van der Waals surface area contributed by atoms with Gasteiger partial charge in [0.1, 0.15) is 40.1 Å². The van der Waals surface area contributed by atoms with Crippen LogP contribution in [0.25, 0.3) is 22.3 Å². The van der Waals surface area contributed by atoms with Crippen molar-refractivity contribution in [3.63, 3.8) is 0 Å². The van der Waals surface area contributed by atoms with Gasteiger partial charge in [-0.15, -0.1) is 0 Å². The van der Waals surface area contributed by atoms with E-state index >= 15 is 0 Å². The number of aliphatic hydroxyl groups is 3. The minimum absolute atomic E-state index is 0.00922. The molecule has 0 amide bonds. The Labute approximate surface area is 217 Å². The Hall–Kier alpha value is -3.19. The molecule has 5 N–H and O–H groups in total. The van der Waals surface area contributed by atoms with Gasteiger partial charge in [0, 0.05) is 43.0 Å². The molecule has 0 spiro atoms. The molecule has 3 heterocycles. The molecule has 0 saturated carbocycles. The Morgan fingerprint density at radius 1 is 0.947 bits per heavy atom. The van der Waals surface area contributed by atoms with Crippen LogP contribution >= 0.6 is 0 Å². The molecule has 38 heavy (non-hydrogen) atoms. The Balaban J connectivity index is 1.30. The fourth-order valence-electron chi connectivity index (χ4n) is 4.66. The van der Waals surface area contributed by atoms with Crippen LogP contribution in [0.4, 0.5) is 0 Å². The second-order valence-corrected chi connectivity index (χ2v) is 9.68. The number of aromatic hydroxyl groups is 2. The molecule has 2 aliphatic rings. The minimum atomic E-state index is -0.997. The van der Waals surface area contributed by atoms with Crippen LogP contribution in [-0.4, -0.2) is 75.2 Å². The number of hydrogen-bond donors (Lipinski definition) is 5. The second-order valence-electron chi connectivity index (χ2n) is 9.68. The van der Waals surface area contributed by atoms with E-state index in [1.54, 1.807) is 19.1 Å². The van der Waals surface area contributed by atoms with Crippen LogP contribution in [0.1, 0.15) is 26.2 Å².